The van der Waals surface area contributed by atoms with E-state index in [-0.39, 0.29) is 6.04 Å². The summed E-state index contributed by atoms with van der Waals surface area (Å²) in [5.41, 5.74) is 1.55. The lowest BCUT2D eigenvalue weighted by Gasteiger charge is -2.24. The van der Waals surface area contributed by atoms with E-state index in [0.29, 0.717) is 5.57 Å². The molecule has 0 saturated heterocycles. The molecule has 1 unspecified atom stereocenters. The first-order chi connectivity index (χ1) is 9.29. The van der Waals surface area contributed by atoms with Crippen molar-refractivity contribution in [3.05, 3.63) is 53.6 Å². The third kappa shape index (κ3) is 2.13. The lowest BCUT2D eigenvalue weighted by atomic mass is 9.97. The number of hydrogen-bond acceptors (Lipinski definition) is 3. The third-order valence-corrected chi connectivity index (χ3v) is 3.63. The molecule has 0 fully saturated rings. The fourth-order valence-electron chi connectivity index (χ4n) is 2.20. The Kier molecular flexibility index (Phi) is 3.05. The molecule has 19 heavy (non-hydrogen) atoms. The summed E-state index contributed by atoms with van der Waals surface area (Å²) in [6.07, 6.45) is 13.3. The van der Waals surface area contributed by atoms with Gasteiger partial charge in [-0.05, 0) is 10.6 Å². The molecule has 6 heteroatoms. The summed E-state index contributed by atoms with van der Waals surface area (Å²) in [5, 5.41) is 9.50. The van der Waals surface area contributed by atoms with Crippen LogP contribution in [-0.4, -0.2) is 19.1 Å². The second-order valence-electron chi connectivity index (χ2n) is 4.20. The molecule has 0 radical (unpaired) electrons. The monoisotopic (exact) mass is 315 g/mol. The van der Waals surface area contributed by atoms with E-state index < -0.39 is 0 Å². The van der Waals surface area contributed by atoms with Crippen LogP contribution in [0.5, 0.6) is 0 Å². The van der Waals surface area contributed by atoms with E-state index >= 15 is 0 Å². The van der Waals surface area contributed by atoms with Crippen LogP contribution in [0, 0.1) is 11.3 Å². The van der Waals surface area contributed by atoms with Crippen LogP contribution >= 0.6 is 15.9 Å². The first kappa shape index (κ1) is 11.9. The Morgan fingerprint density at radius 2 is 2.05 bits per heavy atom. The van der Waals surface area contributed by atoms with Gasteiger partial charge in [0.15, 0.2) is 0 Å². The van der Waals surface area contributed by atoms with Crippen molar-refractivity contribution >= 4 is 21.6 Å². The molecule has 0 aromatic carbocycles. The Hall–Kier alpha value is -2.13. The van der Waals surface area contributed by atoms with Crippen molar-refractivity contribution in [1.29, 1.82) is 5.26 Å². The highest BCUT2D eigenvalue weighted by molar-refractivity contribution is 9.11. The number of rotatable bonds is 2. The highest BCUT2D eigenvalue weighted by Crippen LogP contribution is 2.37. The molecule has 0 bridgehead atoms. The molecule has 2 aromatic heterocycles. The molecule has 5 nitrogen and oxygen atoms in total. The second kappa shape index (κ2) is 4.86. The summed E-state index contributed by atoms with van der Waals surface area (Å²) in [4.78, 5) is 8.09. The molecule has 94 valence electrons. The van der Waals surface area contributed by atoms with Crippen molar-refractivity contribution in [2.75, 3.05) is 0 Å². The van der Waals surface area contributed by atoms with Crippen LogP contribution in [0.1, 0.15) is 12.5 Å². The van der Waals surface area contributed by atoms with E-state index in [1.54, 1.807) is 25.0 Å². The highest BCUT2D eigenvalue weighted by atomic mass is 79.9. The lowest BCUT2D eigenvalue weighted by Crippen LogP contribution is -2.15. The van der Waals surface area contributed by atoms with Gasteiger partial charge < -0.3 is 9.13 Å². The maximum atomic E-state index is 9.50. The van der Waals surface area contributed by atoms with Gasteiger partial charge in [0.1, 0.15) is 0 Å². The molecule has 0 saturated carbocycles. The molecule has 0 aliphatic heterocycles. The van der Waals surface area contributed by atoms with Gasteiger partial charge in [0.05, 0.1) is 36.0 Å². The zero-order valence-corrected chi connectivity index (χ0v) is 11.5. The van der Waals surface area contributed by atoms with Gasteiger partial charge >= 0.3 is 0 Å². The molecular formula is C13H10BrN5. The Labute approximate surface area is 118 Å². The normalized spacial score (nSPS) is 19.2. The maximum absolute atomic E-state index is 9.50. The molecule has 0 N–H and O–H groups in total. The Balaban J connectivity index is 2.15. The van der Waals surface area contributed by atoms with Crippen molar-refractivity contribution in [3.8, 4) is 6.07 Å². The summed E-state index contributed by atoms with van der Waals surface area (Å²) in [6.45, 7) is 0. The summed E-state index contributed by atoms with van der Waals surface area (Å²) >= 11 is 3.55. The topological polar surface area (TPSA) is 59.4 Å². The molecule has 1 aliphatic rings. The SMILES string of the molecule is N#CC1=C(n2ccnc2)C=C(Br)CC1n1ccnc1. The fourth-order valence-corrected chi connectivity index (χ4v) is 2.72. The van der Waals surface area contributed by atoms with Gasteiger partial charge in [-0.2, -0.15) is 5.26 Å². The zero-order valence-electron chi connectivity index (χ0n) is 9.94. The average molecular weight is 316 g/mol. The minimum Gasteiger partial charge on any atom is -0.329 e. The highest BCUT2D eigenvalue weighted by Gasteiger charge is 2.25. The lowest BCUT2D eigenvalue weighted by molar-refractivity contribution is 0.584. The molecule has 1 aliphatic carbocycles. The first-order valence-corrected chi connectivity index (χ1v) is 6.55. The van der Waals surface area contributed by atoms with E-state index in [4.69, 9.17) is 0 Å². The molecular weight excluding hydrogens is 306 g/mol. The van der Waals surface area contributed by atoms with Crippen molar-refractivity contribution in [3.63, 3.8) is 0 Å². The number of aromatic nitrogens is 4. The Morgan fingerprint density at radius 3 is 2.68 bits per heavy atom. The molecule has 2 heterocycles. The van der Waals surface area contributed by atoms with E-state index in [1.807, 2.05) is 27.6 Å². The van der Waals surface area contributed by atoms with Gasteiger partial charge in [-0.25, -0.2) is 9.97 Å². The average Bonchev–Trinajstić information content (AvgIpc) is 3.11. The van der Waals surface area contributed by atoms with Crippen LogP contribution in [0.15, 0.2) is 53.6 Å². The first-order valence-electron chi connectivity index (χ1n) is 5.75. The Bertz CT molecular complexity index is 673. The number of imidazole rings is 2. The summed E-state index contributed by atoms with van der Waals surface area (Å²) in [6, 6.07) is 2.28. The fraction of sp³-hybridized carbons (Fsp3) is 0.154. The molecule has 3 rings (SSSR count). The van der Waals surface area contributed by atoms with E-state index in [2.05, 4.69) is 32.0 Å². The number of nitrogens with zero attached hydrogens (tertiary/aromatic N) is 5. The van der Waals surface area contributed by atoms with Crippen molar-refractivity contribution in [2.24, 2.45) is 0 Å². The quantitative estimate of drug-likeness (QED) is 0.856. The molecule has 0 amide bonds. The minimum atomic E-state index is -0.0377. The summed E-state index contributed by atoms with van der Waals surface area (Å²) in [5.74, 6) is 0. The number of nitriles is 1. The number of hydrogen-bond donors (Lipinski definition) is 0. The summed E-state index contributed by atoms with van der Waals surface area (Å²) < 4.78 is 4.85. The largest absolute Gasteiger partial charge is 0.329 e. The third-order valence-electron chi connectivity index (χ3n) is 3.08. The van der Waals surface area contributed by atoms with E-state index in [1.165, 1.54) is 0 Å². The van der Waals surface area contributed by atoms with E-state index in [0.717, 1.165) is 16.6 Å². The van der Waals surface area contributed by atoms with Crippen LogP contribution in [-0.2, 0) is 0 Å². The molecule has 0 spiro atoms. The summed E-state index contributed by atoms with van der Waals surface area (Å²) in [7, 11) is 0. The van der Waals surface area contributed by atoms with Gasteiger partial charge in [0.2, 0.25) is 0 Å². The van der Waals surface area contributed by atoms with Crippen molar-refractivity contribution in [1.82, 2.24) is 19.1 Å². The van der Waals surface area contributed by atoms with Crippen molar-refractivity contribution < 1.29 is 0 Å². The molecule has 1 atom stereocenters. The van der Waals surface area contributed by atoms with Crippen LogP contribution in [0.25, 0.3) is 5.70 Å². The number of allylic oxidation sites excluding steroid dienone is 4. The standard InChI is InChI=1S/C13H10BrN5/c14-10-5-12(18-3-1-16-8-18)11(7-15)13(6-10)19-4-2-17-9-19/h1-5,8-9,13H,6H2. The maximum Gasteiger partial charge on any atom is 0.0992 e. The number of halogens is 1. The van der Waals surface area contributed by atoms with Gasteiger partial charge in [-0.3, -0.25) is 0 Å². The minimum absolute atomic E-state index is 0.0377. The smallest absolute Gasteiger partial charge is 0.0992 e. The van der Waals surface area contributed by atoms with E-state index in [9.17, 15) is 5.26 Å². The van der Waals surface area contributed by atoms with Gasteiger partial charge in [0, 0.05) is 31.2 Å². The zero-order chi connectivity index (χ0) is 13.2. The van der Waals surface area contributed by atoms with Gasteiger partial charge in [0.25, 0.3) is 0 Å². The van der Waals surface area contributed by atoms with Crippen molar-refractivity contribution in [2.45, 2.75) is 12.5 Å². The Morgan fingerprint density at radius 1 is 1.26 bits per heavy atom. The van der Waals surface area contributed by atoms with Gasteiger partial charge in [-0.15, -0.1) is 0 Å². The van der Waals surface area contributed by atoms with Crippen LogP contribution in [0.3, 0.4) is 0 Å². The van der Waals surface area contributed by atoms with Gasteiger partial charge in [-0.1, -0.05) is 15.9 Å². The predicted octanol–water partition coefficient (Wildman–Crippen LogP) is 2.74. The van der Waals surface area contributed by atoms with Crippen LogP contribution in [0.4, 0.5) is 0 Å². The predicted molar refractivity (Wildman–Crippen MR) is 73.9 cm³/mol. The van der Waals surface area contributed by atoms with Crippen LogP contribution < -0.4 is 0 Å². The molecule has 2 aromatic rings. The second-order valence-corrected chi connectivity index (χ2v) is 5.22. The van der Waals surface area contributed by atoms with Crippen LogP contribution in [0.2, 0.25) is 0 Å².